The van der Waals surface area contributed by atoms with Gasteiger partial charge in [-0.05, 0) is 50.1 Å². The van der Waals surface area contributed by atoms with Crippen LogP contribution in [0.3, 0.4) is 0 Å². The van der Waals surface area contributed by atoms with Crippen molar-refractivity contribution in [1.29, 1.82) is 0 Å². The zero-order valence-corrected chi connectivity index (χ0v) is 17.2. The van der Waals surface area contributed by atoms with Crippen LogP contribution in [-0.2, 0) is 11.0 Å². The Morgan fingerprint density at radius 3 is 2.21 bits per heavy atom. The first kappa shape index (κ1) is 16.1. The number of benzene rings is 3. The Labute approximate surface area is 165 Å². The maximum atomic E-state index is 2.60. The molecule has 0 amide bonds. The van der Waals surface area contributed by atoms with E-state index in [1.165, 1.54) is 49.5 Å². The Morgan fingerprint density at radius 2 is 1.43 bits per heavy atom. The van der Waals surface area contributed by atoms with Crippen molar-refractivity contribution < 1.29 is 4.57 Å². The number of para-hydroxylation sites is 3. The van der Waals surface area contributed by atoms with Gasteiger partial charge < -0.3 is 0 Å². The number of imidazole rings is 1. The van der Waals surface area contributed by atoms with E-state index in [2.05, 4.69) is 104 Å². The lowest BCUT2D eigenvalue weighted by atomic mass is 9.66. The van der Waals surface area contributed by atoms with Crippen molar-refractivity contribution in [2.45, 2.75) is 45.6 Å². The molecule has 0 radical (unpaired) electrons. The summed E-state index contributed by atoms with van der Waals surface area (Å²) in [7, 11) is 0. The number of hydrogen-bond donors (Lipinski definition) is 0. The van der Waals surface area contributed by atoms with Crippen molar-refractivity contribution in [1.82, 2.24) is 4.40 Å². The molecule has 0 saturated carbocycles. The van der Waals surface area contributed by atoms with Gasteiger partial charge in [0.05, 0.1) is 5.39 Å². The predicted molar refractivity (Wildman–Crippen MR) is 117 cm³/mol. The van der Waals surface area contributed by atoms with Gasteiger partial charge in [-0.3, -0.25) is 0 Å². The van der Waals surface area contributed by atoms with Crippen LogP contribution >= 0.6 is 0 Å². The Hall–Kier alpha value is -2.87. The third-order valence-electron chi connectivity index (χ3n) is 7.60. The van der Waals surface area contributed by atoms with Gasteiger partial charge in [0.2, 0.25) is 0 Å². The van der Waals surface area contributed by atoms with E-state index < -0.39 is 0 Å². The predicted octanol–water partition coefficient (Wildman–Crippen LogP) is 6.02. The van der Waals surface area contributed by atoms with Crippen LogP contribution in [0.1, 0.15) is 38.8 Å². The smallest absolute Gasteiger partial charge is 0.217 e. The molecule has 0 unspecified atom stereocenters. The van der Waals surface area contributed by atoms with E-state index in [0.717, 1.165) is 0 Å². The maximum Gasteiger partial charge on any atom is 0.296 e. The summed E-state index contributed by atoms with van der Waals surface area (Å²) in [6.07, 6.45) is 0. The quantitative estimate of drug-likeness (QED) is 0.234. The Balaban J connectivity index is 2.13. The molecule has 2 heteroatoms. The van der Waals surface area contributed by atoms with Crippen LogP contribution in [0.5, 0.6) is 0 Å². The minimum Gasteiger partial charge on any atom is -0.217 e. The molecule has 2 aromatic heterocycles. The standard InChI is InChI=1S/C26H25N2/c1-16-14-15-18-23-22(16)17-10-6-7-11-19(17)27-20-12-8-9-13-21(20)28(24(23)27)26(4,5)25(18,2)3/h6-15H,1-5H3/q+1. The number of nitrogens with zero attached hydrogens (tertiary/aromatic N) is 2. The SMILES string of the molecule is Cc1ccc2c3c1c1ccccc1n1c4ccccc4[n+](c31)C(C)(C)C2(C)C. The second kappa shape index (κ2) is 4.75. The Bertz CT molecular complexity index is 1460. The first-order valence-corrected chi connectivity index (χ1v) is 10.2. The van der Waals surface area contributed by atoms with Gasteiger partial charge in [-0.25, -0.2) is 4.57 Å². The first-order valence-electron chi connectivity index (χ1n) is 10.2. The molecule has 0 spiro atoms. The van der Waals surface area contributed by atoms with E-state index in [1.807, 2.05) is 0 Å². The fourth-order valence-electron chi connectivity index (χ4n) is 5.50. The van der Waals surface area contributed by atoms with Crippen LogP contribution < -0.4 is 4.57 Å². The summed E-state index contributed by atoms with van der Waals surface area (Å²) in [6, 6.07) is 22.4. The molecule has 0 aliphatic carbocycles. The maximum absolute atomic E-state index is 2.60. The second-order valence-electron chi connectivity index (χ2n) is 9.36. The van der Waals surface area contributed by atoms with Crippen molar-refractivity contribution in [3.05, 3.63) is 71.8 Å². The average molecular weight is 366 g/mol. The average Bonchev–Trinajstić information content (AvgIpc) is 3.03. The number of aromatic nitrogens is 2. The summed E-state index contributed by atoms with van der Waals surface area (Å²) in [5, 5.41) is 4.16. The molecule has 3 aromatic carbocycles. The zero-order valence-electron chi connectivity index (χ0n) is 17.2. The number of rotatable bonds is 0. The summed E-state index contributed by atoms with van der Waals surface area (Å²) >= 11 is 0. The van der Waals surface area contributed by atoms with Crippen LogP contribution in [0, 0.1) is 6.92 Å². The molecule has 6 rings (SSSR count). The summed E-state index contributed by atoms with van der Waals surface area (Å²) in [6.45, 7) is 11.8. The fraction of sp³-hybridized carbons (Fsp3) is 0.269. The molecule has 1 aliphatic rings. The molecule has 0 N–H and O–H groups in total. The molecule has 0 saturated heterocycles. The largest absolute Gasteiger partial charge is 0.296 e. The first-order chi connectivity index (χ1) is 13.4. The van der Waals surface area contributed by atoms with Gasteiger partial charge in [0, 0.05) is 16.2 Å². The van der Waals surface area contributed by atoms with Gasteiger partial charge in [0.15, 0.2) is 11.0 Å². The van der Waals surface area contributed by atoms with Crippen molar-refractivity contribution in [2.75, 3.05) is 0 Å². The number of hydrogen-bond acceptors (Lipinski definition) is 0. The van der Waals surface area contributed by atoms with Crippen LogP contribution in [-0.4, -0.2) is 4.40 Å². The molecule has 2 nitrogen and oxygen atoms in total. The molecule has 138 valence electrons. The lowest BCUT2D eigenvalue weighted by Gasteiger charge is -2.43. The van der Waals surface area contributed by atoms with Gasteiger partial charge in [-0.2, -0.15) is 4.40 Å². The molecule has 1 aliphatic heterocycles. The number of aryl methyl sites for hydroxylation is 1. The van der Waals surface area contributed by atoms with E-state index in [-0.39, 0.29) is 11.0 Å². The van der Waals surface area contributed by atoms with Crippen LogP contribution in [0.25, 0.3) is 38.4 Å². The van der Waals surface area contributed by atoms with E-state index in [4.69, 9.17) is 0 Å². The van der Waals surface area contributed by atoms with Gasteiger partial charge in [0.25, 0.3) is 5.65 Å². The van der Waals surface area contributed by atoms with Crippen molar-refractivity contribution in [3.63, 3.8) is 0 Å². The van der Waals surface area contributed by atoms with Crippen molar-refractivity contribution in [3.8, 4) is 0 Å². The highest BCUT2D eigenvalue weighted by atomic mass is 15.2. The van der Waals surface area contributed by atoms with Crippen LogP contribution in [0.15, 0.2) is 60.7 Å². The van der Waals surface area contributed by atoms with E-state index >= 15 is 0 Å². The molecule has 0 bridgehead atoms. The molecule has 28 heavy (non-hydrogen) atoms. The van der Waals surface area contributed by atoms with Gasteiger partial charge in [0.1, 0.15) is 11.1 Å². The molecule has 0 atom stereocenters. The zero-order chi connectivity index (χ0) is 19.4. The molecular formula is C26H25N2+. The Morgan fingerprint density at radius 1 is 0.750 bits per heavy atom. The summed E-state index contributed by atoms with van der Waals surface area (Å²) < 4.78 is 5.09. The Kier molecular flexibility index (Phi) is 2.73. The molecule has 0 fully saturated rings. The van der Waals surface area contributed by atoms with Gasteiger partial charge >= 0.3 is 0 Å². The summed E-state index contributed by atoms with van der Waals surface area (Å²) in [4.78, 5) is 0. The number of pyridine rings is 1. The van der Waals surface area contributed by atoms with Crippen LogP contribution in [0.4, 0.5) is 0 Å². The molecular weight excluding hydrogens is 340 g/mol. The van der Waals surface area contributed by atoms with Crippen molar-refractivity contribution in [2.24, 2.45) is 0 Å². The summed E-state index contributed by atoms with van der Waals surface area (Å²) in [5.74, 6) is 0. The minimum atomic E-state index is -0.0565. The number of fused-ring (bicyclic) bond motifs is 6. The van der Waals surface area contributed by atoms with E-state index in [9.17, 15) is 0 Å². The van der Waals surface area contributed by atoms with Gasteiger partial charge in [-0.1, -0.05) is 56.3 Å². The van der Waals surface area contributed by atoms with E-state index in [1.54, 1.807) is 0 Å². The highest BCUT2D eigenvalue weighted by Crippen LogP contribution is 2.48. The van der Waals surface area contributed by atoms with Crippen molar-refractivity contribution >= 4 is 38.4 Å². The molecule has 5 aromatic rings. The normalized spacial score (nSPS) is 17.3. The van der Waals surface area contributed by atoms with E-state index in [0.29, 0.717) is 0 Å². The highest BCUT2D eigenvalue weighted by molar-refractivity contribution is 6.15. The third kappa shape index (κ3) is 1.56. The fourth-order valence-corrected chi connectivity index (χ4v) is 5.50. The molecule has 3 heterocycles. The van der Waals surface area contributed by atoms with Gasteiger partial charge in [-0.15, -0.1) is 0 Å². The lowest BCUT2D eigenvalue weighted by molar-refractivity contribution is -0.723. The highest BCUT2D eigenvalue weighted by Gasteiger charge is 2.51. The monoisotopic (exact) mass is 365 g/mol. The minimum absolute atomic E-state index is 0.00366. The lowest BCUT2D eigenvalue weighted by Crippen LogP contribution is -2.64. The summed E-state index contributed by atoms with van der Waals surface area (Å²) in [5.41, 5.74) is 7.97. The second-order valence-corrected chi connectivity index (χ2v) is 9.36. The topological polar surface area (TPSA) is 8.29 Å². The van der Waals surface area contributed by atoms with Crippen LogP contribution in [0.2, 0.25) is 0 Å². The third-order valence-corrected chi connectivity index (χ3v) is 7.60.